The molecule has 0 saturated carbocycles. The Morgan fingerprint density at radius 2 is 2.27 bits per heavy atom. The highest BCUT2D eigenvalue weighted by molar-refractivity contribution is 5.92. The Morgan fingerprint density at radius 3 is 3.00 bits per heavy atom. The van der Waals surface area contributed by atoms with E-state index in [-0.39, 0.29) is 18.6 Å². The van der Waals surface area contributed by atoms with Crippen molar-refractivity contribution >= 4 is 5.91 Å². The van der Waals surface area contributed by atoms with Crippen molar-refractivity contribution in [2.45, 2.75) is 13.0 Å². The van der Waals surface area contributed by atoms with Crippen molar-refractivity contribution in [3.8, 4) is 6.01 Å². The molecule has 8 heteroatoms. The van der Waals surface area contributed by atoms with Gasteiger partial charge in [0.1, 0.15) is 18.5 Å². The van der Waals surface area contributed by atoms with Gasteiger partial charge in [0.2, 0.25) is 0 Å². The lowest BCUT2D eigenvalue weighted by Gasteiger charge is -2.32. The van der Waals surface area contributed by atoms with E-state index in [9.17, 15) is 4.79 Å². The highest BCUT2D eigenvalue weighted by atomic mass is 16.5. The van der Waals surface area contributed by atoms with Crippen LogP contribution in [0.4, 0.5) is 0 Å². The molecule has 8 nitrogen and oxygen atoms in total. The van der Waals surface area contributed by atoms with Crippen LogP contribution >= 0.6 is 0 Å². The fourth-order valence-corrected chi connectivity index (χ4v) is 2.16. The first-order chi connectivity index (χ1) is 10.7. The van der Waals surface area contributed by atoms with Gasteiger partial charge >= 0.3 is 6.01 Å². The fourth-order valence-electron chi connectivity index (χ4n) is 2.16. The second kappa shape index (κ2) is 6.52. The van der Waals surface area contributed by atoms with Crippen LogP contribution in [0.15, 0.2) is 29.0 Å². The summed E-state index contributed by atoms with van der Waals surface area (Å²) < 4.78 is 16.0. The summed E-state index contributed by atoms with van der Waals surface area (Å²) in [4.78, 5) is 21.9. The van der Waals surface area contributed by atoms with E-state index in [1.165, 1.54) is 0 Å². The van der Waals surface area contributed by atoms with Gasteiger partial charge in [-0.05, 0) is 13.0 Å². The average Bonchev–Trinajstić information content (AvgIpc) is 3.00. The van der Waals surface area contributed by atoms with Gasteiger partial charge in [-0.1, -0.05) is 5.16 Å². The normalized spacial score (nSPS) is 18.2. The predicted molar refractivity (Wildman–Crippen MR) is 74.4 cm³/mol. The number of ether oxygens (including phenoxy) is 2. The summed E-state index contributed by atoms with van der Waals surface area (Å²) in [7, 11) is 0. The number of nitrogens with zero attached hydrogens (tertiary/aromatic N) is 4. The average molecular weight is 304 g/mol. The quantitative estimate of drug-likeness (QED) is 0.820. The molecule has 116 valence electrons. The second-order valence-corrected chi connectivity index (χ2v) is 4.91. The van der Waals surface area contributed by atoms with Crippen LogP contribution in [0, 0.1) is 6.92 Å². The number of hydrogen-bond donors (Lipinski definition) is 0. The molecule has 0 aromatic carbocycles. The summed E-state index contributed by atoms with van der Waals surface area (Å²) in [6.45, 7) is 3.43. The zero-order valence-electron chi connectivity index (χ0n) is 12.1. The number of rotatable bonds is 4. The van der Waals surface area contributed by atoms with Crippen LogP contribution in [0.3, 0.4) is 0 Å². The molecular formula is C14H16N4O4. The number of morpholine rings is 1. The van der Waals surface area contributed by atoms with Crippen molar-refractivity contribution < 1.29 is 18.8 Å². The third-order valence-electron chi connectivity index (χ3n) is 3.21. The fraction of sp³-hybridized carbons (Fsp3) is 0.429. The molecular weight excluding hydrogens is 288 g/mol. The Hall–Kier alpha value is -2.48. The number of hydrogen-bond acceptors (Lipinski definition) is 7. The topological polar surface area (TPSA) is 90.6 Å². The van der Waals surface area contributed by atoms with E-state index in [1.54, 1.807) is 36.4 Å². The molecule has 3 heterocycles. The first-order valence-electron chi connectivity index (χ1n) is 6.96. The molecule has 22 heavy (non-hydrogen) atoms. The summed E-state index contributed by atoms with van der Waals surface area (Å²) in [6, 6.07) is 3.63. The minimum absolute atomic E-state index is 0.166. The van der Waals surface area contributed by atoms with Crippen LogP contribution in [-0.2, 0) is 4.74 Å². The second-order valence-electron chi connectivity index (χ2n) is 4.91. The lowest BCUT2D eigenvalue weighted by atomic mass is 10.2. The van der Waals surface area contributed by atoms with Gasteiger partial charge < -0.3 is 18.9 Å². The smallest absolute Gasteiger partial charge is 0.316 e. The van der Waals surface area contributed by atoms with Crippen LogP contribution < -0.4 is 4.74 Å². The predicted octanol–water partition coefficient (Wildman–Crippen LogP) is 0.693. The van der Waals surface area contributed by atoms with Gasteiger partial charge in [-0.3, -0.25) is 4.79 Å². The van der Waals surface area contributed by atoms with Crippen LogP contribution in [0.1, 0.15) is 16.2 Å². The molecule has 1 saturated heterocycles. The molecule has 1 unspecified atom stereocenters. The zero-order valence-corrected chi connectivity index (χ0v) is 12.1. The summed E-state index contributed by atoms with van der Waals surface area (Å²) in [6.07, 6.45) is 2.98. The van der Waals surface area contributed by atoms with Crippen molar-refractivity contribution in [1.29, 1.82) is 0 Å². The first-order valence-corrected chi connectivity index (χ1v) is 6.96. The third-order valence-corrected chi connectivity index (χ3v) is 3.21. The molecule has 1 atom stereocenters. The maximum atomic E-state index is 12.3. The van der Waals surface area contributed by atoms with Gasteiger partial charge in [0.25, 0.3) is 5.91 Å². The Balaban J connectivity index is 1.56. The third kappa shape index (κ3) is 3.40. The maximum absolute atomic E-state index is 12.3. The molecule has 2 aromatic rings. The number of aryl methyl sites for hydroxylation is 1. The highest BCUT2D eigenvalue weighted by Gasteiger charge is 2.27. The van der Waals surface area contributed by atoms with Gasteiger partial charge in [-0.15, -0.1) is 0 Å². The molecule has 3 rings (SSSR count). The van der Waals surface area contributed by atoms with Gasteiger partial charge in [0.15, 0.2) is 5.69 Å². The minimum Gasteiger partial charge on any atom is -0.461 e. The van der Waals surface area contributed by atoms with Crippen LogP contribution in [-0.4, -0.2) is 58.3 Å². The molecule has 0 bridgehead atoms. The lowest BCUT2D eigenvalue weighted by Crippen LogP contribution is -2.47. The summed E-state index contributed by atoms with van der Waals surface area (Å²) in [5.41, 5.74) is 0.311. The minimum atomic E-state index is -0.227. The Labute approximate surface area is 127 Å². The molecule has 1 amide bonds. The van der Waals surface area contributed by atoms with Gasteiger partial charge in [-0.2, -0.15) is 0 Å². The first kappa shape index (κ1) is 14.5. The van der Waals surface area contributed by atoms with Crippen molar-refractivity contribution in [2.75, 3.05) is 26.3 Å². The van der Waals surface area contributed by atoms with E-state index in [4.69, 9.17) is 14.0 Å². The summed E-state index contributed by atoms with van der Waals surface area (Å²) in [5.74, 6) is 0.443. The van der Waals surface area contributed by atoms with E-state index in [0.29, 0.717) is 37.2 Å². The van der Waals surface area contributed by atoms with Crippen LogP contribution in [0.25, 0.3) is 0 Å². The molecule has 1 aliphatic rings. The van der Waals surface area contributed by atoms with Crippen LogP contribution in [0.5, 0.6) is 6.01 Å². The molecule has 1 aliphatic heterocycles. The van der Waals surface area contributed by atoms with E-state index in [0.717, 1.165) is 0 Å². The van der Waals surface area contributed by atoms with E-state index >= 15 is 0 Å². The standard InChI is InChI=1S/C14H16N4O4/c1-10-7-12(17-22-10)13(19)18-5-6-20-11(8-18)9-21-14-15-3-2-4-16-14/h2-4,7,11H,5-6,8-9H2,1H3. The SMILES string of the molecule is Cc1cc(C(=O)N2CCOC(COc3ncccn3)C2)no1. The summed E-state index contributed by atoms with van der Waals surface area (Å²) >= 11 is 0. The Morgan fingerprint density at radius 1 is 1.45 bits per heavy atom. The van der Waals surface area contributed by atoms with Gasteiger partial charge in [0, 0.05) is 25.0 Å². The monoisotopic (exact) mass is 304 g/mol. The molecule has 0 N–H and O–H groups in total. The lowest BCUT2D eigenvalue weighted by molar-refractivity contribution is -0.0416. The number of aromatic nitrogens is 3. The number of carbonyl (C=O) groups is 1. The molecule has 0 aliphatic carbocycles. The van der Waals surface area contributed by atoms with Crippen molar-refractivity contribution in [3.05, 3.63) is 36.0 Å². The number of carbonyl (C=O) groups excluding carboxylic acids is 1. The molecule has 2 aromatic heterocycles. The van der Waals surface area contributed by atoms with Gasteiger partial charge in [-0.25, -0.2) is 9.97 Å². The molecule has 0 spiro atoms. The number of amides is 1. The van der Waals surface area contributed by atoms with Crippen LogP contribution in [0.2, 0.25) is 0 Å². The Kier molecular flexibility index (Phi) is 4.29. The van der Waals surface area contributed by atoms with Crippen molar-refractivity contribution in [1.82, 2.24) is 20.0 Å². The van der Waals surface area contributed by atoms with E-state index in [2.05, 4.69) is 15.1 Å². The highest BCUT2D eigenvalue weighted by Crippen LogP contribution is 2.12. The zero-order chi connectivity index (χ0) is 15.4. The van der Waals surface area contributed by atoms with Crippen molar-refractivity contribution in [3.63, 3.8) is 0 Å². The van der Waals surface area contributed by atoms with Gasteiger partial charge in [0.05, 0.1) is 13.2 Å². The largest absolute Gasteiger partial charge is 0.461 e. The summed E-state index contributed by atoms with van der Waals surface area (Å²) in [5, 5.41) is 3.75. The van der Waals surface area contributed by atoms with E-state index in [1.807, 2.05) is 0 Å². The van der Waals surface area contributed by atoms with Crippen molar-refractivity contribution in [2.24, 2.45) is 0 Å². The van der Waals surface area contributed by atoms with E-state index < -0.39 is 0 Å². The molecule has 0 radical (unpaired) electrons. The maximum Gasteiger partial charge on any atom is 0.316 e. The Bertz CT molecular complexity index is 631. The molecule has 1 fully saturated rings.